The van der Waals surface area contributed by atoms with Crippen LogP contribution >= 0.6 is 0 Å². The zero-order valence-corrected chi connectivity index (χ0v) is 22.3. The Morgan fingerprint density at radius 3 is 2.72 bits per heavy atom. The molecule has 2 aromatic rings. The number of ether oxygens (including phenoxy) is 1. The van der Waals surface area contributed by atoms with Crippen molar-refractivity contribution in [3.63, 3.8) is 0 Å². The van der Waals surface area contributed by atoms with E-state index in [1.54, 1.807) is 41.0 Å². The fraction of sp³-hybridized carbons (Fsp3) is 0.583. The van der Waals surface area contributed by atoms with Crippen LogP contribution in [0.3, 0.4) is 0 Å². The molecule has 0 radical (unpaired) electrons. The number of aromatic nitrogens is 3. The lowest BCUT2D eigenvalue weighted by Gasteiger charge is -2.32. The van der Waals surface area contributed by atoms with Crippen molar-refractivity contribution in [1.82, 2.24) is 15.0 Å². The zero-order valence-electron chi connectivity index (χ0n) is 21.3. The van der Waals surface area contributed by atoms with Crippen LogP contribution in [0.4, 0.5) is 11.4 Å². The highest BCUT2D eigenvalue weighted by Crippen LogP contribution is 2.59. The van der Waals surface area contributed by atoms with Crippen molar-refractivity contribution < 1.29 is 29.3 Å². The first-order chi connectivity index (χ1) is 16.9. The lowest BCUT2D eigenvalue weighted by Crippen LogP contribution is -2.45. The van der Waals surface area contributed by atoms with E-state index in [9.17, 15) is 19.5 Å². The van der Waals surface area contributed by atoms with Crippen molar-refractivity contribution in [2.75, 3.05) is 23.9 Å². The minimum Gasteiger partial charge on any atom is -0.432 e. The molecule has 3 heterocycles. The van der Waals surface area contributed by atoms with Crippen molar-refractivity contribution in [2.24, 2.45) is 5.92 Å². The first-order valence-corrected chi connectivity index (χ1v) is 15.2. The van der Waals surface area contributed by atoms with E-state index in [4.69, 9.17) is 9.84 Å². The van der Waals surface area contributed by atoms with Gasteiger partial charge in [0, 0.05) is 55.5 Å². The van der Waals surface area contributed by atoms with Gasteiger partial charge in [0.05, 0.1) is 17.5 Å². The molecule has 0 saturated carbocycles. The second kappa shape index (κ2) is 9.67. The van der Waals surface area contributed by atoms with Crippen LogP contribution in [0.25, 0.3) is 0 Å². The van der Waals surface area contributed by atoms with Gasteiger partial charge in [0.25, 0.3) is 11.8 Å². The van der Waals surface area contributed by atoms with Crippen LogP contribution in [0.2, 0.25) is 18.6 Å². The van der Waals surface area contributed by atoms with E-state index in [0.29, 0.717) is 42.0 Å². The van der Waals surface area contributed by atoms with Gasteiger partial charge in [0.15, 0.2) is 13.9 Å². The maximum Gasteiger partial charge on any atom is 0.264 e. The molecule has 5 atom stereocenters. The van der Waals surface area contributed by atoms with E-state index in [1.165, 1.54) is 6.92 Å². The number of rotatable bonds is 8. The van der Waals surface area contributed by atoms with Gasteiger partial charge in [-0.2, -0.15) is 0 Å². The van der Waals surface area contributed by atoms with Gasteiger partial charge in [0.2, 0.25) is 0 Å². The van der Waals surface area contributed by atoms with Crippen molar-refractivity contribution in [2.45, 2.75) is 69.7 Å². The van der Waals surface area contributed by atoms with Crippen LogP contribution in [-0.4, -0.2) is 76.0 Å². The highest BCUT2D eigenvalue weighted by Gasteiger charge is 2.65. The molecular formula is C24H35N5O6Si. The van der Waals surface area contributed by atoms with E-state index < -0.39 is 32.0 Å². The Balaban J connectivity index is 1.69. The molecule has 12 heteroatoms. The number of amides is 2. The summed E-state index contributed by atoms with van der Waals surface area (Å²) in [6, 6.07) is 5.19. The molecule has 11 nitrogen and oxygen atoms in total. The number of fused-ring (bicyclic) bond motifs is 2. The summed E-state index contributed by atoms with van der Waals surface area (Å²) in [5, 5.41) is 29.6. The highest BCUT2D eigenvalue weighted by molar-refractivity contribution is 6.71. The molecule has 4 N–H and O–H groups in total. The summed E-state index contributed by atoms with van der Waals surface area (Å²) in [5.41, 5.74) is 0.930. The third-order valence-electron chi connectivity index (χ3n) is 7.36. The van der Waals surface area contributed by atoms with Crippen molar-refractivity contribution in [3.8, 4) is 0 Å². The van der Waals surface area contributed by atoms with Crippen LogP contribution in [0.5, 0.6) is 0 Å². The Morgan fingerprint density at radius 1 is 1.36 bits per heavy atom. The van der Waals surface area contributed by atoms with Gasteiger partial charge in [-0.25, -0.2) is 0 Å². The molecule has 2 aliphatic heterocycles. The number of carbonyl (C=O) groups is 2. The number of likely N-dealkylation sites (N-methyl/N-ethyl adjacent to an activating group) is 1. The number of aliphatic hydroxyl groups excluding tert-OH is 2. The van der Waals surface area contributed by atoms with Gasteiger partial charge < -0.3 is 30.0 Å². The van der Waals surface area contributed by atoms with Gasteiger partial charge in [-0.05, 0) is 44.6 Å². The molecule has 0 unspecified atom stereocenters. The Labute approximate surface area is 211 Å². The van der Waals surface area contributed by atoms with Crippen LogP contribution < -0.4 is 10.2 Å². The summed E-state index contributed by atoms with van der Waals surface area (Å²) >= 11 is 0. The molecular weight excluding hydrogens is 482 g/mol. The van der Waals surface area contributed by atoms with E-state index in [1.807, 2.05) is 20.0 Å². The molecule has 1 saturated heterocycles. The molecule has 1 aromatic heterocycles. The second-order valence-electron chi connectivity index (χ2n) is 10.4. The first-order valence-electron chi connectivity index (χ1n) is 12.2. The smallest absolute Gasteiger partial charge is 0.264 e. The maximum atomic E-state index is 13.8. The number of anilines is 2. The molecule has 1 aromatic carbocycles. The summed E-state index contributed by atoms with van der Waals surface area (Å²) in [6.45, 7) is 7.53. The van der Waals surface area contributed by atoms with E-state index in [0.717, 1.165) is 0 Å². The molecule has 2 aliphatic rings. The molecule has 36 heavy (non-hydrogen) atoms. The van der Waals surface area contributed by atoms with E-state index >= 15 is 0 Å². The topological polar surface area (TPSA) is 150 Å². The molecule has 4 rings (SSSR count). The van der Waals surface area contributed by atoms with Crippen molar-refractivity contribution in [3.05, 3.63) is 35.7 Å². The number of aliphatic hydroxyl groups is 2. The van der Waals surface area contributed by atoms with Gasteiger partial charge in [-0.3, -0.25) is 14.3 Å². The average Bonchev–Trinajstić information content (AvgIpc) is 3.43. The van der Waals surface area contributed by atoms with Gasteiger partial charge in [-0.1, -0.05) is 12.1 Å². The summed E-state index contributed by atoms with van der Waals surface area (Å²) in [7, 11) is -1.10. The Hall–Kier alpha value is -2.64. The Kier molecular flexibility index (Phi) is 7.10. The monoisotopic (exact) mass is 517 g/mol. The zero-order chi connectivity index (χ0) is 26.4. The first kappa shape index (κ1) is 26.4. The number of carbonyl (C=O) groups excluding carboxylic acids is 2. The standard InChI is InChI=1S/C24H35N5O6Si/c1-14-21(36(4,5)34)20(8-10-29-13-17(9-11-30)26-27-29)35-24(14)18-12-16(25-22(32)15(2)31)6-7-19(18)28(3)23(24)33/h6-7,12-15,20-21,30-31,34H,8-11H2,1-5H3,(H,25,32)/t14-,15-,20+,21-,24+/m0/s1. The van der Waals surface area contributed by atoms with Gasteiger partial charge >= 0.3 is 0 Å². The minimum absolute atomic E-state index is 0.00840. The number of hydrogen-bond acceptors (Lipinski definition) is 8. The predicted octanol–water partition coefficient (Wildman–Crippen LogP) is 0.997. The number of nitrogens with one attached hydrogen (secondary N) is 1. The molecule has 0 aliphatic carbocycles. The number of aryl methyl sites for hydroxylation is 1. The quantitative estimate of drug-likeness (QED) is 0.379. The van der Waals surface area contributed by atoms with Crippen LogP contribution in [-0.2, 0) is 32.9 Å². The summed E-state index contributed by atoms with van der Waals surface area (Å²) in [6.07, 6.45) is 1.13. The molecule has 1 spiro atoms. The molecule has 0 bridgehead atoms. The largest absolute Gasteiger partial charge is 0.432 e. The van der Waals surface area contributed by atoms with Crippen molar-refractivity contribution >= 4 is 31.5 Å². The summed E-state index contributed by atoms with van der Waals surface area (Å²) in [4.78, 5) is 38.7. The highest BCUT2D eigenvalue weighted by atomic mass is 28.4. The average molecular weight is 518 g/mol. The third-order valence-corrected chi connectivity index (χ3v) is 9.86. The lowest BCUT2D eigenvalue weighted by molar-refractivity contribution is -0.145. The Bertz CT molecular complexity index is 1150. The molecule has 196 valence electrons. The minimum atomic E-state index is -2.79. The van der Waals surface area contributed by atoms with Crippen LogP contribution in [0, 0.1) is 5.92 Å². The number of nitrogens with zero attached hydrogens (tertiary/aromatic N) is 4. The normalized spacial score (nSPS) is 26.5. The van der Waals surface area contributed by atoms with E-state index in [2.05, 4.69) is 15.6 Å². The van der Waals surface area contributed by atoms with Gasteiger partial charge in [-0.15, -0.1) is 5.10 Å². The predicted molar refractivity (Wildman–Crippen MR) is 135 cm³/mol. The lowest BCUT2D eigenvalue weighted by atomic mass is 9.82. The van der Waals surface area contributed by atoms with Crippen LogP contribution in [0.15, 0.2) is 24.4 Å². The number of hydrogen-bond donors (Lipinski definition) is 4. The Morgan fingerprint density at radius 2 is 2.08 bits per heavy atom. The maximum absolute atomic E-state index is 13.8. The van der Waals surface area contributed by atoms with Crippen molar-refractivity contribution in [1.29, 1.82) is 0 Å². The molecule has 1 fully saturated rings. The third kappa shape index (κ3) is 4.48. The fourth-order valence-electron chi connectivity index (χ4n) is 5.71. The van der Waals surface area contributed by atoms with Gasteiger partial charge in [0.1, 0.15) is 6.10 Å². The van der Waals surface area contributed by atoms with E-state index in [-0.39, 0.29) is 24.0 Å². The summed E-state index contributed by atoms with van der Waals surface area (Å²) in [5.74, 6) is -1.08. The SMILES string of the molecule is C[C@H](O)C(=O)Nc1ccc2c(c1)[C@@]1(O[C@H](CCn3cc(CCO)nn3)[C@@H]([Si](C)(C)O)[C@@H]1C)C(=O)N2C. The second-order valence-corrected chi connectivity index (χ2v) is 14.3. The number of benzene rings is 1. The molecule has 2 amide bonds. The summed E-state index contributed by atoms with van der Waals surface area (Å²) < 4.78 is 8.36. The fourth-order valence-corrected chi connectivity index (χ4v) is 8.32. The van der Waals surface area contributed by atoms with Crippen LogP contribution in [0.1, 0.15) is 31.5 Å².